The normalized spacial score (nSPS) is 16.5. The molecule has 0 spiro atoms. The lowest BCUT2D eigenvalue weighted by atomic mass is 9.94. The maximum atomic E-state index is 13.0. The number of aliphatic carboxylic acids is 1. The molecule has 0 radical (unpaired) electrons. The smallest absolute Gasteiger partial charge is 0.481 e. The number of carbonyl (C=O) groups excluding carboxylic acids is 3. The summed E-state index contributed by atoms with van der Waals surface area (Å²) in [6, 6.07) is 6.38. The molecule has 3 rings (SSSR count). The lowest BCUT2D eigenvalue weighted by molar-refractivity contribution is -0.274. The maximum absolute atomic E-state index is 13.0. The van der Waals surface area contributed by atoms with Crippen LogP contribution in [0.5, 0.6) is 5.75 Å². The van der Waals surface area contributed by atoms with E-state index < -0.39 is 54.3 Å². The van der Waals surface area contributed by atoms with Crippen LogP contribution in [0.1, 0.15) is 23.6 Å². The summed E-state index contributed by atoms with van der Waals surface area (Å²) in [4.78, 5) is 49.4. The molecule has 1 aliphatic rings. The standard InChI is InChI=1S/C24H22F3N3O6/c1-13-5-3-4-6-15(13)16-11-14(7-8-19(16)36-24(25,26)27)17(12-20(32)33)28-23(35)29-21-18(31)9-10-30(2)22(21)34/h3-11,17,21H,12H2,1-2H3,(H,32,33)(H2,28,29,35). The predicted molar refractivity (Wildman–Crippen MR) is 121 cm³/mol. The number of carboxylic acid groups (broad SMARTS) is 1. The Kier molecular flexibility index (Phi) is 7.66. The third kappa shape index (κ3) is 6.40. The minimum absolute atomic E-state index is 0.0323. The number of aryl methyl sites for hydroxylation is 1. The molecule has 0 bridgehead atoms. The summed E-state index contributed by atoms with van der Waals surface area (Å²) in [6.07, 6.45) is -3.26. The van der Waals surface area contributed by atoms with E-state index in [0.29, 0.717) is 11.1 Å². The largest absolute Gasteiger partial charge is 0.573 e. The second kappa shape index (κ2) is 10.5. The summed E-state index contributed by atoms with van der Waals surface area (Å²) < 4.78 is 43.2. The molecule has 9 nitrogen and oxygen atoms in total. The fourth-order valence-corrected chi connectivity index (χ4v) is 3.63. The number of amides is 3. The van der Waals surface area contributed by atoms with Crippen molar-refractivity contribution in [3.63, 3.8) is 0 Å². The van der Waals surface area contributed by atoms with Crippen molar-refractivity contribution in [1.82, 2.24) is 15.5 Å². The Labute approximate surface area is 203 Å². The van der Waals surface area contributed by atoms with E-state index in [1.165, 1.54) is 25.4 Å². The van der Waals surface area contributed by atoms with Crippen LogP contribution in [0.3, 0.4) is 0 Å². The van der Waals surface area contributed by atoms with Crippen molar-refractivity contribution in [3.05, 3.63) is 65.9 Å². The highest BCUT2D eigenvalue weighted by Gasteiger charge is 2.34. The summed E-state index contributed by atoms with van der Waals surface area (Å²) in [5.41, 5.74) is 1.24. The summed E-state index contributed by atoms with van der Waals surface area (Å²) in [5.74, 6) is -3.17. The van der Waals surface area contributed by atoms with Crippen molar-refractivity contribution in [2.75, 3.05) is 7.05 Å². The van der Waals surface area contributed by atoms with E-state index in [1.807, 2.05) is 0 Å². The zero-order valence-corrected chi connectivity index (χ0v) is 19.1. The lowest BCUT2D eigenvalue weighted by Crippen LogP contribution is -2.55. The van der Waals surface area contributed by atoms with Crippen LogP contribution in [0.4, 0.5) is 18.0 Å². The summed E-state index contributed by atoms with van der Waals surface area (Å²) in [7, 11) is 1.39. The molecule has 0 aliphatic carbocycles. The number of hydrogen-bond donors (Lipinski definition) is 3. The predicted octanol–water partition coefficient (Wildman–Crippen LogP) is 3.30. The van der Waals surface area contributed by atoms with Gasteiger partial charge in [-0.15, -0.1) is 13.2 Å². The van der Waals surface area contributed by atoms with E-state index in [9.17, 15) is 37.5 Å². The average Bonchev–Trinajstić information content (AvgIpc) is 2.78. The quantitative estimate of drug-likeness (QED) is 0.496. The first kappa shape index (κ1) is 26.3. The van der Waals surface area contributed by atoms with Gasteiger partial charge in [0.15, 0.2) is 11.8 Å². The number of urea groups is 1. The number of nitrogens with one attached hydrogen (secondary N) is 2. The highest BCUT2D eigenvalue weighted by molar-refractivity contribution is 6.14. The van der Waals surface area contributed by atoms with Gasteiger partial charge in [0, 0.05) is 24.9 Å². The van der Waals surface area contributed by atoms with Crippen LogP contribution in [-0.4, -0.2) is 53.1 Å². The molecular formula is C24H22F3N3O6. The first-order chi connectivity index (χ1) is 16.9. The van der Waals surface area contributed by atoms with Gasteiger partial charge in [0.05, 0.1) is 12.5 Å². The van der Waals surface area contributed by atoms with E-state index in [-0.39, 0.29) is 11.1 Å². The Morgan fingerprint density at radius 2 is 1.83 bits per heavy atom. The molecule has 2 aromatic rings. The number of carboxylic acids is 1. The fraction of sp³-hybridized carbons (Fsp3) is 0.250. The van der Waals surface area contributed by atoms with Crippen LogP contribution in [0.2, 0.25) is 0 Å². The minimum Gasteiger partial charge on any atom is -0.481 e. The fourth-order valence-electron chi connectivity index (χ4n) is 3.63. The van der Waals surface area contributed by atoms with Crippen LogP contribution >= 0.6 is 0 Å². The molecular weight excluding hydrogens is 483 g/mol. The van der Waals surface area contributed by atoms with Gasteiger partial charge in [-0.3, -0.25) is 14.4 Å². The topological polar surface area (TPSA) is 125 Å². The van der Waals surface area contributed by atoms with Gasteiger partial charge in [0.1, 0.15) is 5.75 Å². The Balaban J connectivity index is 1.95. The van der Waals surface area contributed by atoms with Crippen molar-refractivity contribution in [2.45, 2.75) is 31.8 Å². The first-order valence-corrected chi connectivity index (χ1v) is 10.6. The van der Waals surface area contributed by atoms with Crippen LogP contribution < -0.4 is 15.4 Å². The van der Waals surface area contributed by atoms with Crippen LogP contribution in [0.25, 0.3) is 11.1 Å². The third-order valence-electron chi connectivity index (χ3n) is 5.37. The number of hydrogen-bond acceptors (Lipinski definition) is 5. The Morgan fingerprint density at radius 1 is 1.14 bits per heavy atom. The number of rotatable bonds is 7. The number of nitrogens with zero attached hydrogens (tertiary/aromatic N) is 1. The van der Waals surface area contributed by atoms with Crippen molar-refractivity contribution < 1.29 is 42.2 Å². The molecule has 0 aromatic heterocycles. The second-order valence-corrected chi connectivity index (χ2v) is 7.99. The number of ether oxygens (including phenoxy) is 1. The number of likely N-dealkylation sites (N-methyl/N-ethyl adjacent to an activating group) is 1. The molecule has 0 saturated carbocycles. The van der Waals surface area contributed by atoms with E-state index in [2.05, 4.69) is 15.4 Å². The number of halogens is 3. The molecule has 3 N–H and O–H groups in total. The van der Waals surface area contributed by atoms with Gasteiger partial charge in [0.2, 0.25) is 0 Å². The van der Waals surface area contributed by atoms with Crippen molar-refractivity contribution >= 4 is 23.7 Å². The van der Waals surface area contributed by atoms with E-state index in [0.717, 1.165) is 17.0 Å². The highest BCUT2D eigenvalue weighted by Crippen LogP contribution is 2.37. The monoisotopic (exact) mass is 505 g/mol. The molecule has 190 valence electrons. The number of alkyl halides is 3. The van der Waals surface area contributed by atoms with Gasteiger partial charge >= 0.3 is 18.4 Å². The molecule has 36 heavy (non-hydrogen) atoms. The van der Waals surface area contributed by atoms with Gasteiger partial charge in [0.25, 0.3) is 5.91 Å². The molecule has 2 aromatic carbocycles. The molecule has 2 unspecified atom stereocenters. The lowest BCUT2D eigenvalue weighted by Gasteiger charge is -2.25. The molecule has 0 saturated heterocycles. The van der Waals surface area contributed by atoms with Gasteiger partial charge in [-0.25, -0.2) is 4.79 Å². The molecule has 1 aliphatic heterocycles. The molecule has 1 heterocycles. The minimum atomic E-state index is -4.97. The summed E-state index contributed by atoms with van der Waals surface area (Å²) >= 11 is 0. The number of carbonyl (C=O) groups is 4. The number of benzene rings is 2. The van der Waals surface area contributed by atoms with Gasteiger partial charge in [-0.1, -0.05) is 30.3 Å². The van der Waals surface area contributed by atoms with Crippen molar-refractivity contribution in [3.8, 4) is 16.9 Å². The van der Waals surface area contributed by atoms with Gasteiger partial charge in [-0.05, 0) is 35.7 Å². The van der Waals surface area contributed by atoms with E-state index >= 15 is 0 Å². The van der Waals surface area contributed by atoms with Crippen LogP contribution in [0.15, 0.2) is 54.7 Å². The Hall–Kier alpha value is -4.35. The zero-order valence-electron chi connectivity index (χ0n) is 19.1. The second-order valence-electron chi connectivity index (χ2n) is 7.99. The first-order valence-electron chi connectivity index (χ1n) is 10.6. The average molecular weight is 505 g/mol. The molecule has 2 atom stereocenters. The SMILES string of the molecule is Cc1ccccc1-c1cc(C(CC(=O)O)NC(=O)NC2C(=O)C=CN(C)C2=O)ccc1OC(F)(F)F. The van der Waals surface area contributed by atoms with Crippen LogP contribution in [-0.2, 0) is 14.4 Å². The molecule has 12 heteroatoms. The Morgan fingerprint density at radius 3 is 2.47 bits per heavy atom. The van der Waals surface area contributed by atoms with Gasteiger partial charge in [-0.2, -0.15) is 0 Å². The third-order valence-corrected chi connectivity index (χ3v) is 5.37. The maximum Gasteiger partial charge on any atom is 0.573 e. The van der Waals surface area contributed by atoms with Crippen molar-refractivity contribution in [2.24, 2.45) is 0 Å². The zero-order chi connectivity index (χ0) is 26.6. The van der Waals surface area contributed by atoms with Gasteiger partial charge < -0.3 is 25.4 Å². The van der Waals surface area contributed by atoms with Crippen molar-refractivity contribution in [1.29, 1.82) is 0 Å². The molecule has 3 amide bonds. The van der Waals surface area contributed by atoms with Crippen LogP contribution in [0, 0.1) is 6.92 Å². The van der Waals surface area contributed by atoms with E-state index in [1.54, 1.807) is 31.2 Å². The molecule has 0 fully saturated rings. The summed E-state index contributed by atoms with van der Waals surface area (Å²) in [6.45, 7) is 1.68. The van der Waals surface area contributed by atoms with E-state index in [4.69, 9.17) is 0 Å². The highest BCUT2D eigenvalue weighted by atomic mass is 19.4. The number of ketones is 1. The summed E-state index contributed by atoms with van der Waals surface area (Å²) in [5, 5.41) is 14.0. The Bertz CT molecular complexity index is 1230.